The van der Waals surface area contributed by atoms with Crippen LogP contribution < -0.4 is 5.73 Å². The van der Waals surface area contributed by atoms with Crippen LogP contribution >= 0.6 is 0 Å². The maximum atomic E-state index is 5.64. The van der Waals surface area contributed by atoms with Gasteiger partial charge in [0.2, 0.25) is 0 Å². The van der Waals surface area contributed by atoms with Crippen LogP contribution in [0.2, 0.25) is 0 Å². The Bertz CT molecular complexity index is 76.8. The standard InChI is InChI=1S/C9H21N/c1-7(2)8(3)5-6-9(4)10/h7-9H,5-6,10H2,1-4H3/t8-,9-/m0/s1. The lowest BCUT2D eigenvalue weighted by molar-refractivity contribution is 0.371. The summed E-state index contributed by atoms with van der Waals surface area (Å²) in [5, 5.41) is 0. The molecular formula is C9H21N. The fourth-order valence-corrected chi connectivity index (χ4v) is 0.859. The highest BCUT2D eigenvalue weighted by Crippen LogP contribution is 2.16. The van der Waals surface area contributed by atoms with E-state index in [0.29, 0.717) is 6.04 Å². The molecule has 0 aromatic heterocycles. The first-order valence-corrected chi connectivity index (χ1v) is 4.29. The summed E-state index contributed by atoms with van der Waals surface area (Å²) < 4.78 is 0. The van der Waals surface area contributed by atoms with Crippen LogP contribution in [0.25, 0.3) is 0 Å². The molecule has 1 heteroatoms. The van der Waals surface area contributed by atoms with Crippen LogP contribution in [-0.4, -0.2) is 6.04 Å². The van der Waals surface area contributed by atoms with E-state index in [-0.39, 0.29) is 0 Å². The highest BCUT2D eigenvalue weighted by molar-refractivity contribution is 4.61. The molecule has 0 unspecified atom stereocenters. The number of rotatable bonds is 4. The van der Waals surface area contributed by atoms with Crippen LogP contribution in [0.1, 0.15) is 40.5 Å². The summed E-state index contributed by atoms with van der Waals surface area (Å²) in [4.78, 5) is 0. The van der Waals surface area contributed by atoms with Crippen LogP contribution in [0.5, 0.6) is 0 Å². The average Bonchev–Trinajstić information content (AvgIpc) is 1.82. The Morgan fingerprint density at radius 2 is 1.50 bits per heavy atom. The van der Waals surface area contributed by atoms with E-state index in [2.05, 4.69) is 27.7 Å². The zero-order valence-electron chi connectivity index (χ0n) is 7.72. The monoisotopic (exact) mass is 143 g/mol. The van der Waals surface area contributed by atoms with E-state index in [1.165, 1.54) is 12.8 Å². The van der Waals surface area contributed by atoms with Gasteiger partial charge >= 0.3 is 0 Å². The van der Waals surface area contributed by atoms with Crippen molar-refractivity contribution in [2.75, 3.05) is 0 Å². The molecule has 2 atom stereocenters. The van der Waals surface area contributed by atoms with Gasteiger partial charge < -0.3 is 5.73 Å². The molecule has 0 aromatic carbocycles. The van der Waals surface area contributed by atoms with Crippen molar-refractivity contribution in [1.82, 2.24) is 0 Å². The molecule has 0 aliphatic rings. The van der Waals surface area contributed by atoms with Crippen molar-refractivity contribution in [2.24, 2.45) is 17.6 Å². The Morgan fingerprint density at radius 1 is 1.00 bits per heavy atom. The average molecular weight is 143 g/mol. The van der Waals surface area contributed by atoms with E-state index in [1.807, 2.05) is 0 Å². The van der Waals surface area contributed by atoms with Gasteiger partial charge in [0, 0.05) is 6.04 Å². The molecular weight excluding hydrogens is 122 g/mol. The van der Waals surface area contributed by atoms with Crippen molar-refractivity contribution in [3.63, 3.8) is 0 Å². The highest BCUT2D eigenvalue weighted by atomic mass is 14.6. The van der Waals surface area contributed by atoms with Gasteiger partial charge in [-0.25, -0.2) is 0 Å². The molecule has 0 aromatic rings. The normalized spacial score (nSPS) is 17.4. The van der Waals surface area contributed by atoms with Gasteiger partial charge in [-0.1, -0.05) is 20.8 Å². The molecule has 1 nitrogen and oxygen atoms in total. The van der Waals surface area contributed by atoms with Crippen LogP contribution in [0.4, 0.5) is 0 Å². The molecule has 0 fully saturated rings. The van der Waals surface area contributed by atoms with E-state index >= 15 is 0 Å². The van der Waals surface area contributed by atoms with Gasteiger partial charge in [-0.3, -0.25) is 0 Å². The van der Waals surface area contributed by atoms with Crippen LogP contribution in [0.3, 0.4) is 0 Å². The van der Waals surface area contributed by atoms with Gasteiger partial charge in [-0.15, -0.1) is 0 Å². The Balaban J connectivity index is 3.30. The smallest absolute Gasteiger partial charge is 0.00105 e. The third-order valence-corrected chi connectivity index (χ3v) is 2.22. The Labute approximate surface area is 65.0 Å². The second-order valence-corrected chi connectivity index (χ2v) is 3.78. The highest BCUT2D eigenvalue weighted by Gasteiger charge is 2.06. The van der Waals surface area contributed by atoms with Crippen molar-refractivity contribution in [1.29, 1.82) is 0 Å². The maximum absolute atomic E-state index is 5.64. The van der Waals surface area contributed by atoms with Gasteiger partial charge in [0.05, 0.1) is 0 Å². The van der Waals surface area contributed by atoms with E-state index < -0.39 is 0 Å². The lowest BCUT2D eigenvalue weighted by atomic mass is 9.92. The molecule has 0 aliphatic heterocycles. The first kappa shape index (κ1) is 9.96. The van der Waals surface area contributed by atoms with Crippen molar-refractivity contribution < 1.29 is 0 Å². The fraction of sp³-hybridized carbons (Fsp3) is 1.00. The molecule has 0 radical (unpaired) electrons. The van der Waals surface area contributed by atoms with Crippen molar-refractivity contribution in [3.05, 3.63) is 0 Å². The van der Waals surface area contributed by atoms with E-state index in [9.17, 15) is 0 Å². The zero-order valence-corrected chi connectivity index (χ0v) is 7.72. The van der Waals surface area contributed by atoms with Crippen molar-refractivity contribution >= 4 is 0 Å². The van der Waals surface area contributed by atoms with Crippen LogP contribution in [0.15, 0.2) is 0 Å². The minimum Gasteiger partial charge on any atom is -0.328 e. The topological polar surface area (TPSA) is 26.0 Å². The third-order valence-electron chi connectivity index (χ3n) is 2.22. The molecule has 10 heavy (non-hydrogen) atoms. The third kappa shape index (κ3) is 4.80. The van der Waals surface area contributed by atoms with Crippen LogP contribution in [-0.2, 0) is 0 Å². The van der Waals surface area contributed by atoms with Gasteiger partial charge in [0.25, 0.3) is 0 Å². The Morgan fingerprint density at radius 3 is 1.80 bits per heavy atom. The molecule has 0 rings (SSSR count). The summed E-state index contributed by atoms with van der Waals surface area (Å²) in [5.41, 5.74) is 5.64. The summed E-state index contributed by atoms with van der Waals surface area (Å²) in [6, 6.07) is 0.376. The Hall–Kier alpha value is -0.0400. The van der Waals surface area contributed by atoms with Gasteiger partial charge in [-0.05, 0) is 31.6 Å². The quantitative estimate of drug-likeness (QED) is 0.642. The second kappa shape index (κ2) is 4.73. The van der Waals surface area contributed by atoms with E-state index in [4.69, 9.17) is 5.73 Å². The van der Waals surface area contributed by atoms with Crippen molar-refractivity contribution in [3.8, 4) is 0 Å². The van der Waals surface area contributed by atoms with Crippen LogP contribution in [0, 0.1) is 11.8 Å². The molecule has 0 saturated heterocycles. The lowest BCUT2D eigenvalue weighted by Crippen LogP contribution is -2.16. The van der Waals surface area contributed by atoms with Gasteiger partial charge in [0.15, 0.2) is 0 Å². The van der Waals surface area contributed by atoms with Crippen molar-refractivity contribution in [2.45, 2.75) is 46.6 Å². The number of hydrogen-bond donors (Lipinski definition) is 1. The number of hydrogen-bond acceptors (Lipinski definition) is 1. The summed E-state index contributed by atoms with van der Waals surface area (Å²) in [7, 11) is 0. The van der Waals surface area contributed by atoms with Gasteiger partial charge in [-0.2, -0.15) is 0 Å². The molecule has 0 saturated carbocycles. The molecule has 2 N–H and O–H groups in total. The molecule has 0 bridgehead atoms. The van der Waals surface area contributed by atoms with E-state index in [1.54, 1.807) is 0 Å². The minimum absolute atomic E-state index is 0.376. The Kier molecular flexibility index (Phi) is 4.71. The molecule has 62 valence electrons. The van der Waals surface area contributed by atoms with Gasteiger partial charge in [0.1, 0.15) is 0 Å². The molecule has 0 amide bonds. The predicted octanol–water partition coefficient (Wildman–Crippen LogP) is 2.41. The second-order valence-electron chi connectivity index (χ2n) is 3.78. The molecule has 0 aliphatic carbocycles. The summed E-state index contributed by atoms with van der Waals surface area (Å²) in [6.07, 6.45) is 2.44. The molecule has 0 spiro atoms. The van der Waals surface area contributed by atoms with E-state index in [0.717, 1.165) is 11.8 Å². The zero-order chi connectivity index (χ0) is 8.15. The lowest BCUT2D eigenvalue weighted by Gasteiger charge is -2.15. The maximum Gasteiger partial charge on any atom is 0.00105 e. The minimum atomic E-state index is 0.376. The fourth-order valence-electron chi connectivity index (χ4n) is 0.859. The largest absolute Gasteiger partial charge is 0.328 e. The first-order chi connectivity index (χ1) is 4.54. The summed E-state index contributed by atoms with van der Waals surface area (Å²) in [6.45, 7) is 8.91. The number of nitrogens with two attached hydrogens (primary N) is 1. The SMILES string of the molecule is CC(C)[C@@H](C)CC[C@H](C)N. The molecule has 0 heterocycles. The predicted molar refractivity (Wildman–Crippen MR) is 46.9 cm³/mol. The first-order valence-electron chi connectivity index (χ1n) is 4.29. The summed E-state index contributed by atoms with van der Waals surface area (Å²) >= 11 is 0. The summed E-state index contributed by atoms with van der Waals surface area (Å²) in [5.74, 6) is 1.63.